The van der Waals surface area contributed by atoms with Crippen molar-refractivity contribution in [3.8, 4) is 5.75 Å². The molecule has 3 nitrogen and oxygen atoms in total. The van der Waals surface area contributed by atoms with Gasteiger partial charge in [0, 0.05) is 17.1 Å². The van der Waals surface area contributed by atoms with Gasteiger partial charge in [-0.2, -0.15) is 0 Å². The van der Waals surface area contributed by atoms with Crippen molar-refractivity contribution in [1.29, 1.82) is 0 Å². The van der Waals surface area contributed by atoms with Crippen LogP contribution in [-0.2, 0) is 13.2 Å². The maximum Gasteiger partial charge on any atom is 0.120 e. The molecule has 0 aliphatic rings. The van der Waals surface area contributed by atoms with E-state index in [1.165, 1.54) is 0 Å². The minimum absolute atomic E-state index is 0.0747. The molecule has 3 rings (SSSR count). The molecule has 1 heterocycles. The van der Waals surface area contributed by atoms with Gasteiger partial charge in [0.05, 0.1) is 6.61 Å². The van der Waals surface area contributed by atoms with Crippen molar-refractivity contribution in [2.45, 2.75) is 13.2 Å². The van der Waals surface area contributed by atoms with Crippen LogP contribution in [0.4, 0.5) is 0 Å². The number of H-pyrrole nitrogens is 1. The first-order valence-electron chi connectivity index (χ1n) is 6.24. The van der Waals surface area contributed by atoms with Gasteiger partial charge in [-0.15, -0.1) is 0 Å². The Morgan fingerprint density at radius 2 is 1.74 bits per heavy atom. The third kappa shape index (κ3) is 2.61. The number of benzene rings is 2. The van der Waals surface area contributed by atoms with Crippen molar-refractivity contribution in [3.63, 3.8) is 0 Å². The van der Waals surface area contributed by atoms with E-state index >= 15 is 0 Å². The number of hydrogen-bond acceptors (Lipinski definition) is 2. The third-order valence-electron chi connectivity index (χ3n) is 3.14. The van der Waals surface area contributed by atoms with E-state index in [1.807, 2.05) is 54.7 Å². The summed E-state index contributed by atoms with van der Waals surface area (Å²) >= 11 is 0. The van der Waals surface area contributed by atoms with E-state index in [0.717, 1.165) is 27.8 Å². The number of aliphatic hydroxyl groups is 1. The third-order valence-corrected chi connectivity index (χ3v) is 3.14. The maximum atomic E-state index is 8.98. The topological polar surface area (TPSA) is 45.2 Å². The zero-order chi connectivity index (χ0) is 13.1. The number of aromatic amines is 1. The van der Waals surface area contributed by atoms with E-state index in [9.17, 15) is 0 Å². The average Bonchev–Trinajstić information content (AvgIpc) is 2.93. The van der Waals surface area contributed by atoms with Gasteiger partial charge in [-0.3, -0.25) is 0 Å². The van der Waals surface area contributed by atoms with E-state index in [4.69, 9.17) is 9.84 Å². The van der Waals surface area contributed by atoms with Gasteiger partial charge in [0.15, 0.2) is 0 Å². The fraction of sp³-hybridized carbons (Fsp3) is 0.125. The number of aromatic nitrogens is 1. The lowest BCUT2D eigenvalue weighted by Gasteiger charge is -2.07. The molecule has 3 aromatic rings. The number of nitrogens with one attached hydrogen (secondary N) is 1. The predicted molar refractivity (Wildman–Crippen MR) is 75.0 cm³/mol. The van der Waals surface area contributed by atoms with Crippen LogP contribution in [-0.4, -0.2) is 10.1 Å². The zero-order valence-corrected chi connectivity index (χ0v) is 10.5. The lowest BCUT2D eigenvalue weighted by Crippen LogP contribution is -1.95. The average molecular weight is 253 g/mol. The molecule has 0 aliphatic carbocycles. The molecular formula is C16H15NO2. The summed E-state index contributed by atoms with van der Waals surface area (Å²) in [6.07, 6.45) is 1.92. The van der Waals surface area contributed by atoms with Crippen LogP contribution in [0.3, 0.4) is 0 Å². The summed E-state index contributed by atoms with van der Waals surface area (Å²) in [7, 11) is 0. The van der Waals surface area contributed by atoms with E-state index in [0.29, 0.717) is 6.61 Å². The number of rotatable bonds is 4. The van der Waals surface area contributed by atoms with Crippen LogP contribution in [0.2, 0.25) is 0 Å². The normalized spacial score (nSPS) is 10.8. The number of hydrogen-bond donors (Lipinski definition) is 2. The predicted octanol–water partition coefficient (Wildman–Crippen LogP) is 3.24. The molecule has 0 unspecified atom stereocenters. The highest BCUT2D eigenvalue weighted by atomic mass is 16.5. The molecule has 2 aromatic carbocycles. The maximum absolute atomic E-state index is 8.98. The monoisotopic (exact) mass is 253 g/mol. The highest BCUT2D eigenvalue weighted by molar-refractivity contribution is 5.80. The SMILES string of the molecule is OCc1ccc(COc2ccc3[nH]ccc3c2)cc1. The van der Waals surface area contributed by atoms with Gasteiger partial charge in [-0.1, -0.05) is 24.3 Å². The summed E-state index contributed by atoms with van der Waals surface area (Å²) in [5.41, 5.74) is 3.11. The van der Waals surface area contributed by atoms with E-state index < -0.39 is 0 Å². The first-order valence-corrected chi connectivity index (χ1v) is 6.24. The van der Waals surface area contributed by atoms with E-state index in [-0.39, 0.29) is 6.61 Å². The summed E-state index contributed by atoms with van der Waals surface area (Å²) in [6, 6.07) is 15.8. The Balaban J connectivity index is 1.70. The van der Waals surface area contributed by atoms with Gasteiger partial charge in [-0.05, 0) is 35.4 Å². The molecule has 0 bridgehead atoms. The molecule has 0 atom stereocenters. The van der Waals surface area contributed by atoms with Gasteiger partial charge in [0.1, 0.15) is 12.4 Å². The van der Waals surface area contributed by atoms with Crippen molar-refractivity contribution in [1.82, 2.24) is 4.98 Å². The second-order valence-corrected chi connectivity index (χ2v) is 4.49. The lowest BCUT2D eigenvalue weighted by molar-refractivity contribution is 0.281. The van der Waals surface area contributed by atoms with Gasteiger partial charge >= 0.3 is 0 Å². The first-order chi connectivity index (χ1) is 9.35. The van der Waals surface area contributed by atoms with Crippen molar-refractivity contribution in [2.24, 2.45) is 0 Å². The number of aliphatic hydroxyl groups excluding tert-OH is 1. The Morgan fingerprint density at radius 3 is 2.53 bits per heavy atom. The molecule has 19 heavy (non-hydrogen) atoms. The van der Waals surface area contributed by atoms with Crippen LogP contribution in [0.25, 0.3) is 10.9 Å². The van der Waals surface area contributed by atoms with Crippen LogP contribution < -0.4 is 4.74 Å². The molecule has 1 aromatic heterocycles. The largest absolute Gasteiger partial charge is 0.489 e. The first kappa shape index (κ1) is 11.8. The quantitative estimate of drug-likeness (QED) is 0.749. The van der Waals surface area contributed by atoms with Crippen LogP contribution >= 0.6 is 0 Å². The Bertz CT molecular complexity index is 671. The van der Waals surface area contributed by atoms with Crippen molar-refractivity contribution in [3.05, 3.63) is 65.9 Å². The zero-order valence-electron chi connectivity index (χ0n) is 10.5. The summed E-state index contributed by atoms with van der Waals surface area (Å²) in [5.74, 6) is 0.860. The Labute approximate surface area is 111 Å². The van der Waals surface area contributed by atoms with E-state index in [2.05, 4.69) is 4.98 Å². The van der Waals surface area contributed by atoms with Crippen LogP contribution in [0.1, 0.15) is 11.1 Å². The summed E-state index contributed by atoms with van der Waals surface area (Å²) in [4.78, 5) is 3.15. The van der Waals surface area contributed by atoms with Crippen LogP contribution in [0.5, 0.6) is 5.75 Å². The van der Waals surface area contributed by atoms with Crippen LogP contribution in [0.15, 0.2) is 54.7 Å². The smallest absolute Gasteiger partial charge is 0.120 e. The molecule has 0 aliphatic heterocycles. The van der Waals surface area contributed by atoms with Crippen LogP contribution in [0, 0.1) is 0 Å². The summed E-state index contributed by atoms with van der Waals surface area (Å²) in [6.45, 7) is 0.604. The number of fused-ring (bicyclic) bond motifs is 1. The molecule has 0 fully saturated rings. The minimum atomic E-state index is 0.0747. The molecule has 0 saturated heterocycles. The standard InChI is InChI=1S/C16H15NO2/c18-10-12-1-3-13(4-2-12)11-19-15-5-6-16-14(9-15)7-8-17-16/h1-9,17-18H,10-11H2. The van der Waals surface area contributed by atoms with Gasteiger partial charge in [0.25, 0.3) is 0 Å². The molecular weight excluding hydrogens is 238 g/mol. The molecule has 3 heteroatoms. The molecule has 0 saturated carbocycles. The molecule has 0 spiro atoms. The van der Waals surface area contributed by atoms with Crippen molar-refractivity contribution < 1.29 is 9.84 Å². The van der Waals surface area contributed by atoms with Gasteiger partial charge in [-0.25, -0.2) is 0 Å². The Kier molecular flexibility index (Phi) is 3.21. The van der Waals surface area contributed by atoms with Crippen molar-refractivity contribution in [2.75, 3.05) is 0 Å². The second kappa shape index (κ2) is 5.16. The molecule has 0 amide bonds. The fourth-order valence-corrected chi connectivity index (χ4v) is 2.03. The Hall–Kier alpha value is -2.26. The second-order valence-electron chi connectivity index (χ2n) is 4.49. The highest BCUT2D eigenvalue weighted by Crippen LogP contribution is 2.20. The Morgan fingerprint density at radius 1 is 0.947 bits per heavy atom. The molecule has 2 N–H and O–H groups in total. The summed E-state index contributed by atoms with van der Waals surface area (Å²) < 4.78 is 5.77. The van der Waals surface area contributed by atoms with E-state index in [1.54, 1.807) is 0 Å². The van der Waals surface area contributed by atoms with Crippen molar-refractivity contribution >= 4 is 10.9 Å². The van der Waals surface area contributed by atoms with Gasteiger partial charge in [0.2, 0.25) is 0 Å². The highest BCUT2D eigenvalue weighted by Gasteiger charge is 1.99. The molecule has 96 valence electrons. The fourth-order valence-electron chi connectivity index (χ4n) is 2.03. The van der Waals surface area contributed by atoms with Gasteiger partial charge < -0.3 is 14.8 Å². The number of ether oxygens (including phenoxy) is 1. The minimum Gasteiger partial charge on any atom is -0.489 e. The summed E-state index contributed by atoms with van der Waals surface area (Å²) in [5, 5.41) is 10.1. The molecule has 0 radical (unpaired) electrons. The lowest BCUT2D eigenvalue weighted by atomic mass is 10.1.